The van der Waals surface area contributed by atoms with Crippen molar-refractivity contribution >= 4 is 5.69 Å². The van der Waals surface area contributed by atoms with Gasteiger partial charge in [-0.05, 0) is 19.1 Å². The number of ether oxygens (including phenoxy) is 1. The van der Waals surface area contributed by atoms with Crippen molar-refractivity contribution in [1.82, 2.24) is 0 Å². The Morgan fingerprint density at radius 2 is 2.06 bits per heavy atom. The summed E-state index contributed by atoms with van der Waals surface area (Å²) in [6.45, 7) is 3.69. The lowest BCUT2D eigenvalue weighted by Gasteiger charge is -2.16. The Labute approximate surface area is 94.4 Å². The fourth-order valence-electron chi connectivity index (χ4n) is 1.47. The molecule has 88 valence electrons. The van der Waals surface area contributed by atoms with Crippen LogP contribution in [0.1, 0.15) is 25.3 Å². The lowest BCUT2D eigenvalue weighted by molar-refractivity contribution is -0.385. The van der Waals surface area contributed by atoms with E-state index in [1.807, 2.05) is 13.8 Å². The molecule has 1 aromatic rings. The van der Waals surface area contributed by atoms with Crippen molar-refractivity contribution in [3.8, 4) is 5.75 Å². The second-order valence-electron chi connectivity index (χ2n) is 3.83. The van der Waals surface area contributed by atoms with Gasteiger partial charge in [-0.1, -0.05) is 6.92 Å². The Kier molecular flexibility index (Phi) is 3.84. The number of nitrogens with two attached hydrogens (primary N) is 1. The van der Waals surface area contributed by atoms with Crippen LogP contribution in [-0.4, -0.2) is 18.1 Å². The van der Waals surface area contributed by atoms with Gasteiger partial charge < -0.3 is 10.5 Å². The summed E-state index contributed by atoms with van der Waals surface area (Å²) < 4.78 is 5.06. The number of nitro benzene ring substituents is 1. The number of hydrogen-bond acceptors (Lipinski definition) is 4. The first kappa shape index (κ1) is 12.4. The highest BCUT2D eigenvalue weighted by atomic mass is 16.6. The van der Waals surface area contributed by atoms with Crippen LogP contribution < -0.4 is 10.5 Å². The van der Waals surface area contributed by atoms with Crippen molar-refractivity contribution in [2.45, 2.75) is 25.8 Å². The van der Waals surface area contributed by atoms with Gasteiger partial charge >= 0.3 is 0 Å². The van der Waals surface area contributed by atoms with Gasteiger partial charge in [0.1, 0.15) is 5.75 Å². The summed E-state index contributed by atoms with van der Waals surface area (Å²) >= 11 is 0. The van der Waals surface area contributed by atoms with Crippen molar-refractivity contribution in [2.24, 2.45) is 5.73 Å². The molecule has 5 heteroatoms. The average Bonchev–Trinajstić information content (AvgIpc) is 2.26. The molecule has 0 aromatic heterocycles. The van der Waals surface area contributed by atoms with E-state index in [0.717, 1.165) is 0 Å². The third-order valence-corrected chi connectivity index (χ3v) is 2.71. The summed E-state index contributed by atoms with van der Waals surface area (Å²) in [5.74, 6) is 0.517. The summed E-state index contributed by atoms with van der Waals surface area (Å²) in [6.07, 6.45) is 0. The summed E-state index contributed by atoms with van der Waals surface area (Å²) in [5, 5.41) is 10.9. The van der Waals surface area contributed by atoms with E-state index in [0.29, 0.717) is 11.3 Å². The van der Waals surface area contributed by atoms with E-state index in [1.54, 1.807) is 12.1 Å². The molecule has 2 atom stereocenters. The maximum atomic E-state index is 10.9. The number of benzene rings is 1. The number of rotatable bonds is 4. The molecule has 2 unspecified atom stereocenters. The molecule has 0 aliphatic carbocycles. The molecule has 0 aliphatic rings. The first-order valence-corrected chi connectivity index (χ1v) is 5.05. The van der Waals surface area contributed by atoms with Crippen molar-refractivity contribution in [3.05, 3.63) is 33.9 Å². The van der Waals surface area contributed by atoms with E-state index in [2.05, 4.69) is 0 Å². The van der Waals surface area contributed by atoms with Crippen LogP contribution in [-0.2, 0) is 0 Å². The number of methoxy groups -OCH3 is 1. The molecule has 16 heavy (non-hydrogen) atoms. The Morgan fingerprint density at radius 3 is 2.50 bits per heavy atom. The van der Waals surface area contributed by atoms with E-state index in [1.165, 1.54) is 13.2 Å². The van der Waals surface area contributed by atoms with E-state index in [4.69, 9.17) is 10.5 Å². The van der Waals surface area contributed by atoms with Gasteiger partial charge in [0.2, 0.25) is 0 Å². The SMILES string of the molecule is COc1ccc([N+](=O)[O-])c(C(C)C(C)N)c1. The van der Waals surface area contributed by atoms with E-state index >= 15 is 0 Å². The minimum atomic E-state index is -0.395. The fourth-order valence-corrected chi connectivity index (χ4v) is 1.47. The summed E-state index contributed by atoms with van der Waals surface area (Å²) in [6, 6.07) is 4.56. The third kappa shape index (κ3) is 2.49. The molecule has 0 heterocycles. The van der Waals surface area contributed by atoms with E-state index in [-0.39, 0.29) is 17.6 Å². The number of nitro groups is 1. The van der Waals surface area contributed by atoms with Crippen molar-refractivity contribution < 1.29 is 9.66 Å². The van der Waals surface area contributed by atoms with E-state index in [9.17, 15) is 10.1 Å². The third-order valence-electron chi connectivity index (χ3n) is 2.71. The van der Waals surface area contributed by atoms with Crippen LogP contribution in [0, 0.1) is 10.1 Å². The van der Waals surface area contributed by atoms with Crippen molar-refractivity contribution in [2.75, 3.05) is 7.11 Å². The van der Waals surface area contributed by atoms with Crippen LogP contribution in [0.15, 0.2) is 18.2 Å². The van der Waals surface area contributed by atoms with Crippen LogP contribution in [0.3, 0.4) is 0 Å². The second-order valence-corrected chi connectivity index (χ2v) is 3.83. The highest BCUT2D eigenvalue weighted by Crippen LogP contribution is 2.31. The molecular formula is C11H16N2O3. The van der Waals surface area contributed by atoms with Crippen LogP contribution in [0.25, 0.3) is 0 Å². The molecule has 0 amide bonds. The molecule has 0 radical (unpaired) electrons. The van der Waals surface area contributed by atoms with Crippen LogP contribution >= 0.6 is 0 Å². The number of nitrogens with zero attached hydrogens (tertiary/aromatic N) is 1. The molecule has 0 bridgehead atoms. The standard InChI is InChI=1S/C11H16N2O3/c1-7(8(2)12)10-6-9(16-3)4-5-11(10)13(14)15/h4-8H,12H2,1-3H3. The zero-order valence-corrected chi connectivity index (χ0v) is 9.64. The highest BCUT2D eigenvalue weighted by Gasteiger charge is 2.22. The van der Waals surface area contributed by atoms with Gasteiger partial charge in [0.25, 0.3) is 5.69 Å². The Balaban J connectivity index is 3.25. The van der Waals surface area contributed by atoms with Crippen molar-refractivity contribution in [1.29, 1.82) is 0 Å². The van der Waals surface area contributed by atoms with Gasteiger partial charge in [0.15, 0.2) is 0 Å². The summed E-state index contributed by atoms with van der Waals surface area (Å²) in [7, 11) is 1.53. The molecule has 1 rings (SSSR count). The fraction of sp³-hybridized carbons (Fsp3) is 0.455. The summed E-state index contributed by atoms with van der Waals surface area (Å²) in [5.41, 5.74) is 6.46. The Hall–Kier alpha value is -1.62. The molecule has 2 N–H and O–H groups in total. The lowest BCUT2D eigenvalue weighted by Crippen LogP contribution is -2.23. The molecule has 0 fully saturated rings. The van der Waals surface area contributed by atoms with Gasteiger partial charge in [0, 0.05) is 23.6 Å². The molecular weight excluding hydrogens is 208 g/mol. The summed E-state index contributed by atoms with van der Waals surface area (Å²) in [4.78, 5) is 10.5. The highest BCUT2D eigenvalue weighted by molar-refractivity contribution is 5.47. The van der Waals surface area contributed by atoms with Gasteiger partial charge in [0.05, 0.1) is 12.0 Å². The molecule has 5 nitrogen and oxygen atoms in total. The molecule has 0 spiro atoms. The van der Waals surface area contributed by atoms with Gasteiger partial charge in [-0.3, -0.25) is 10.1 Å². The minimum absolute atomic E-state index is 0.0875. The second kappa shape index (κ2) is 4.94. The monoisotopic (exact) mass is 224 g/mol. The van der Waals surface area contributed by atoms with Gasteiger partial charge in [-0.15, -0.1) is 0 Å². The maximum absolute atomic E-state index is 10.9. The molecule has 0 aliphatic heterocycles. The minimum Gasteiger partial charge on any atom is -0.497 e. The number of hydrogen-bond donors (Lipinski definition) is 1. The first-order chi connectivity index (χ1) is 7.47. The molecule has 0 saturated heterocycles. The zero-order valence-electron chi connectivity index (χ0n) is 9.64. The van der Waals surface area contributed by atoms with Crippen LogP contribution in [0.4, 0.5) is 5.69 Å². The predicted octanol–water partition coefficient (Wildman–Crippen LogP) is 2.05. The smallest absolute Gasteiger partial charge is 0.273 e. The predicted molar refractivity (Wildman–Crippen MR) is 61.7 cm³/mol. The van der Waals surface area contributed by atoms with E-state index < -0.39 is 4.92 Å². The van der Waals surface area contributed by atoms with Crippen LogP contribution in [0.5, 0.6) is 5.75 Å². The lowest BCUT2D eigenvalue weighted by atomic mass is 9.93. The Morgan fingerprint density at radius 1 is 1.44 bits per heavy atom. The maximum Gasteiger partial charge on any atom is 0.273 e. The zero-order chi connectivity index (χ0) is 12.3. The quantitative estimate of drug-likeness (QED) is 0.627. The normalized spacial score (nSPS) is 14.2. The van der Waals surface area contributed by atoms with Crippen molar-refractivity contribution in [3.63, 3.8) is 0 Å². The topological polar surface area (TPSA) is 78.4 Å². The van der Waals surface area contributed by atoms with Gasteiger partial charge in [-0.25, -0.2) is 0 Å². The molecule has 0 saturated carbocycles. The molecule has 1 aromatic carbocycles. The average molecular weight is 224 g/mol. The van der Waals surface area contributed by atoms with Gasteiger partial charge in [-0.2, -0.15) is 0 Å². The Bertz CT molecular complexity index is 391. The van der Waals surface area contributed by atoms with Crippen LogP contribution in [0.2, 0.25) is 0 Å². The first-order valence-electron chi connectivity index (χ1n) is 5.05. The largest absolute Gasteiger partial charge is 0.497 e.